The third-order valence-corrected chi connectivity index (χ3v) is 4.85. The summed E-state index contributed by atoms with van der Waals surface area (Å²) in [5.74, 6) is 2.33. The second kappa shape index (κ2) is 9.89. The Hall–Kier alpha value is -2.44. The van der Waals surface area contributed by atoms with Gasteiger partial charge >= 0.3 is 0 Å². The number of aromatic hydroxyl groups is 1. The molecule has 1 aromatic carbocycles. The predicted octanol–water partition coefficient (Wildman–Crippen LogP) is 1.37. The molecule has 0 saturated carbocycles. The van der Waals surface area contributed by atoms with Gasteiger partial charge in [-0.15, -0.1) is 0 Å². The van der Waals surface area contributed by atoms with E-state index in [1.54, 1.807) is 27.3 Å². The van der Waals surface area contributed by atoms with Gasteiger partial charge in [0.15, 0.2) is 5.96 Å². The summed E-state index contributed by atoms with van der Waals surface area (Å²) in [5.41, 5.74) is 0.873. The lowest BCUT2D eigenvalue weighted by Crippen LogP contribution is -2.46. The lowest BCUT2D eigenvalue weighted by molar-refractivity contribution is -0.121. The monoisotopic (exact) mass is 362 g/mol. The highest BCUT2D eigenvalue weighted by Gasteiger charge is 2.22. The molecule has 1 fully saturated rings. The summed E-state index contributed by atoms with van der Waals surface area (Å²) in [4.78, 5) is 18.1. The molecule has 7 nitrogen and oxygen atoms in total. The maximum absolute atomic E-state index is 11.5. The number of likely N-dealkylation sites (tertiary alicyclic amines) is 1. The molecule has 0 radical (unpaired) electrons. The van der Waals surface area contributed by atoms with E-state index >= 15 is 0 Å². The van der Waals surface area contributed by atoms with Gasteiger partial charge in [0.1, 0.15) is 11.5 Å². The van der Waals surface area contributed by atoms with E-state index in [-0.39, 0.29) is 11.7 Å². The van der Waals surface area contributed by atoms with E-state index in [9.17, 15) is 9.90 Å². The van der Waals surface area contributed by atoms with E-state index in [2.05, 4.69) is 20.5 Å². The molecule has 1 aromatic rings. The molecule has 1 heterocycles. The standard InChI is InChI=1S/C19H30N4O3/c1-20-18(25)12-14-7-10-23(11-8-14)19(21-2)22-9-6-15-4-5-16(26-3)13-17(15)24/h4-5,13-14,24H,6-12H2,1-3H3,(H,20,25)(H,21,22). The van der Waals surface area contributed by atoms with Gasteiger partial charge in [0.05, 0.1) is 7.11 Å². The Morgan fingerprint density at radius 1 is 1.38 bits per heavy atom. The molecule has 1 aliphatic heterocycles. The highest BCUT2D eigenvalue weighted by atomic mass is 16.5. The van der Waals surface area contributed by atoms with E-state index in [0.717, 1.165) is 37.5 Å². The fourth-order valence-electron chi connectivity index (χ4n) is 3.24. The maximum Gasteiger partial charge on any atom is 0.220 e. The predicted molar refractivity (Wildman–Crippen MR) is 103 cm³/mol. The molecule has 2 rings (SSSR count). The van der Waals surface area contributed by atoms with Crippen molar-refractivity contribution in [3.05, 3.63) is 23.8 Å². The Balaban J connectivity index is 1.79. The zero-order valence-electron chi connectivity index (χ0n) is 15.9. The summed E-state index contributed by atoms with van der Waals surface area (Å²) in [6, 6.07) is 5.35. The highest BCUT2D eigenvalue weighted by Crippen LogP contribution is 2.23. The molecular weight excluding hydrogens is 332 g/mol. The van der Waals surface area contributed by atoms with Crippen molar-refractivity contribution in [2.24, 2.45) is 10.9 Å². The number of phenols is 1. The summed E-state index contributed by atoms with van der Waals surface area (Å²) >= 11 is 0. The summed E-state index contributed by atoms with van der Waals surface area (Å²) in [7, 11) is 5.05. The molecular formula is C19H30N4O3. The first-order valence-corrected chi connectivity index (χ1v) is 9.09. The Kier molecular flexibility index (Phi) is 7.56. The van der Waals surface area contributed by atoms with Crippen LogP contribution in [0.4, 0.5) is 0 Å². The lowest BCUT2D eigenvalue weighted by atomic mass is 9.93. The number of rotatable bonds is 6. The van der Waals surface area contributed by atoms with Crippen molar-refractivity contribution < 1.29 is 14.6 Å². The smallest absolute Gasteiger partial charge is 0.220 e. The number of piperidine rings is 1. The van der Waals surface area contributed by atoms with Gasteiger partial charge in [-0.25, -0.2) is 0 Å². The van der Waals surface area contributed by atoms with Gasteiger partial charge in [-0.05, 0) is 36.8 Å². The van der Waals surface area contributed by atoms with Crippen LogP contribution in [0.3, 0.4) is 0 Å². The molecule has 0 unspecified atom stereocenters. The molecule has 7 heteroatoms. The number of carbonyl (C=O) groups excluding carboxylic acids is 1. The fraction of sp³-hybridized carbons (Fsp3) is 0.579. The van der Waals surface area contributed by atoms with Crippen molar-refractivity contribution in [3.63, 3.8) is 0 Å². The maximum atomic E-state index is 11.5. The zero-order valence-corrected chi connectivity index (χ0v) is 15.9. The van der Waals surface area contributed by atoms with Gasteiger partial charge in [0.2, 0.25) is 5.91 Å². The van der Waals surface area contributed by atoms with Crippen LogP contribution < -0.4 is 15.4 Å². The quantitative estimate of drug-likeness (QED) is 0.526. The van der Waals surface area contributed by atoms with Crippen LogP contribution in [0.2, 0.25) is 0 Å². The number of carbonyl (C=O) groups is 1. The van der Waals surface area contributed by atoms with Gasteiger partial charge in [-0.2, -0.15) is 0 Å². The van der Waals surface area contributed by atoms with Crippen LogP contribution in [0.5, 0.6) is 11.5 Å². The average Bonchev–Trinajstić information content (AvgIpc) is 2.67. The SMILES string of the molecule is CN=C(NCCc1ccc(OC)cc1O)N1CCC(CC(=O)NC)CC1. The summed E-state index contributed by atoms with van der Waals surface area (Å²) in [6.45, 7) is 2.48. The number of nitrogens with one attached hydrogen (secondary N) is 2. The Morgan fingerprint density at radius 3 is 2.69 bits per heavy atom. The van der Waals surface area contributed by atoms with E-state index < -0.39 is 0 Å². The molecule has 144 valence electrons. The van der Waals surface area contributed by atoms with Gasteiger partial charge in [-0.3, -0.25) is 9.79 Å². The highest BCUT2D eigenvalue weighted by molar-refractivity contribution is 5.80. The Bertz CT molecular complexity index is 625. The molecule has 26 heavy (non-hydrogen) atoms. The van der Waals surface area contributed by atoms with Crippen LogP contribution in [0.15, 0.2) is 23.2 Å². The number of hydrogen-bond donors (Lipinski definition) is 3. The van der Waals surface area contributed by atoms with Crippen LogP contribution in [0.25, 0.3) is 0 Å². The fourth-order valence-corrected chi connectivity index (χ4v) is 3.24. The molecule has 1 amide bonds. The van der Waals surface area contributed by atoms with Crippen LogP contribution in [0.1, 0.15) is 24.8 Å². The molecule has 1 saturated heterocycles. The third-order valence-electron chi connectivity index (χ3n) is 4.85. The number of phenolic OH excluding ortho intramolecular Hbond substituents is 1. The van der Waals surface area contributed by atoms with E-state index in [1.807, 2.05) is 12.1 Å². The van der Waals surface area contributed by atoms with Crippen LogP contribution in [0, 0.1) is 5.92 Å². The molecule has 1 aliphatic rings. The molecule has 0 atom stereocenters. The first-order valence-electron chi connectivity index (χ1n) is 9.09. The summed E-state index contributed by atoms with van der Waals surface area (Å²) < 4.78 is 5.10. The largest absolute Gasteiger partial charge is 0.508 e. The van der Waals surface area contributed by atoms with Crippen molar-refractivity contribution in [1.29, 1.82) is 0 Å². The van der Waals surface area contributed by atoms with Crippen LogP contribution in [-0.4, -0.2) is 62.7 Å². The van der Waals surface area contributed by atoms with Crippen molar-refractivity contribution >= 4 is 11.9 Å². The molecule has 0 aromatic heterocycles. The minimum atomic E-state index is 0.116. The first kappa shape index (κ1) is 19.9. The number of amides is 1. The third kappa shape index (κ3) is 5.54. The minimum absolute atomic E-state index is 0.116. The number of methoxy groups -OCH3 is 1. The Labute approximate surface area is 155 Å². The Morgan fingerprint density at radius 2 is 2.12 bits per heavy atom. The normalized spacial score (nSPS) is 15.7. The van der Waals surface area contributed by atoms with Crippen LogP contribution >= 0.6 is 0 Å². The minimum Gasteiger partial charge on any atom is -0.508 e. The van der Waals surface area contributed by atoms with Gasteiger partial charge in [-0.1, -0.05) is 6.07 Å². The van der Waals surface area contributed by atoms with Crippen molar-refractivity contribution in [2.75, 3.05) is 40.8 Å². The van der Waals surface area contributed by atoms with Gasteiger partial charge in [0, 0.05) is 46.2 Å². The molecule has 0 aliphatic carbocycles. The molecule has 0 spiro atoms. The number of hydrogen-bond acceptors (Lipinski definition) is 4. The average molecular weight is 362 g/mol. The topological polar surface area (TPSA) is 86.2 Å². The van der Waals surface area contributed by atoms with Gasteiger partial charge < -0.3 is 25.4 Å². The van der Waals surface area contributed by atoms with E-state index in [0.29, 0.717) is 31.1 Å². The molecule has 0 bridgehead atoms. The number of benzene rings is 1. The number of aliphatic imine (C=N–C) groups is 1. The number of guanidine groups is 1. The second-order valence-electron chi connectivity index (χ2n) is 6.53. The second-order valence-corrected chi connectivity index (χ2v) is 6.53. The molecule has 3 N–H and O–H groups in total. The first-order chi connectivity index (χ1) is 12.6. The lowest BCUT2D eigenvalue weighted by Gasteiger charge is -2.34. The zero-order chi connectivity index (χ0) is 18.9. The van der Waals surface area contributed by atoms with Crippen molar-refractivity contribution in [1.82, 2.24) is 15.5 Å². The van der Waals surface area contributed by atoms with Crippen LogP contribution in [-0.2, 0) is 11.2 Å². The van der Waals surface area contributed by atoms with Gasteiger partial charge in [0.25, 0.3) is 0 Å². The van der Waals surface area contributed by atoms with Crippen molar-refractivity contribution in [3.8, 4) is 11.5 Å². The number of nitrogens with zero attached hydrogens (tertiary/aromatic N) is 2. The summed E-state index contributed by atoms with van der Waals surface area (Å²) in [5, 5.41) is 16.1. The van der Waals surface area contributed by atoms with E-state index in [1.165, 1.54) is 0 Å². The van der Waals surface area contributed by atoms with Crippen molar-refractivity contribution in [2.45, 2.75) is 25.7 Å². The van der Waals surface area contributed by atoms with E-state index in [4.69, 9.17) is 4.74 Å². The number of ether oxygens (including phenoxy) is 1. The summed E-state index contributed by atoms with van der Waals surface area (Å²) in [6.07, 6.45) is 3.29.